The second-order valence-electron chi connectivity index (χ2n) is 6.91. The Labute approximate surface area is 173 Å². The maximum Gasteiger partial charge on any atom is 0.262 e. The minimum atomic E-state index is -0.355. The molecule has 6 heteroatoms. The molecule has 0 fully saturated rings. The van der Waals surface area contributed by atoms with Gasteiger partial charge in [-0.3, -0.25) is 4.79 Å². The van der Waals surface area contributed by atoms with Crippen LogP contribution in [0, 0.1) is 13.8 Å². The number of fused-ring (bicyclic) bond motifs is 1. The first-order chi connectivity index (χ1) is 14.5. The van der Waals surface area contributed by atoms with E-state index in [-0.39, 0.29) is 11.5 Å². The van der Waals surface area contributed by atoms with E-state index in [0.717, 1.165) is 22.2 Å². The first kappa shape index (κ1) is 19.4. The number of amides is 1. The normalized spacial score (nSPS) is 11.5. The van der Waals surface area contributed by atoms with Gasteiger partial charge in [-0.2, -0.15) is 0 Å². The zero-order valence-corrected chi connectivity index (χ0v) is 17.0. The predicted molar refractivity (Wildman–Crippen MR) is 116 cm³/mol. The molecule has 2 aromatic carbocycles. The van der Waals surface area contributed by atoms with Gasteiger partial charge in [-0.25, -0.2) is 9.98 Å². The van der Waals surface area contributed by atoms with E-state index in [9.17, 15) is 4.79 Å². The number of nitrogens with zero attached hydrogens (tertiary/aromatic N) is 2. The molecule has 4 rings (SSSR count). The van der Waals surface area contributed by atoms with Gasteiger partial charge in [-0.15, -0.1) is 0 Å². The maximum atomic E-state index is 13.1. The highest BCUT2D eigenvalue weighted by molar-refractivity contribution is 6.05. The fourth-order valence-electron chi connectivity index (χ4n) is 3.10. The smallest absolute Gasteiger partial charge is 0.262 e. The van der Waals surface area contributed by atoms with Crippen molar-refractivity contribution in [3.63, 3.8) is 0 Å². The molecule has 1 N–H and O–H groups in total. The molecular formula is C24H21N3O3. The Morgan fingerprint density at radius 2 is 1.93 bits per heavy atom. The molecule has 2 heterocycles. The molecule has 0 spiro atoms. The molecule has 1 amide bonds. The van der Waals surface area contributed by atoms with E-state index < -0.39 is 0 Å². The monoisotopic (exact) mass is 399 g/mol. The van der Waals surface area contributed by atoms with Crippen molar-refractivity contribution >= 4 is 28.4 Å². The zero-order valence-electron chi connectivity index (χ0n) is 17.0. The van der Waals surface area contributed by atoms with E-state index in [4.69, 9.17) is 9.15 Å². The molecular weight excluding hydrogens is 378 g/mol. The summed E-state index contributed by atoms with van der Waals surface area (Å²) in [6.45, 7) is 3.96. The number of aryl methyl sites for hydroxylation is 2. The Hall–Kier alpha value is -3.93. The maximum absolute atomic E-state index is 13.1. The number of rotatable bonds is 4. The molecule has 30 heavy (non-hydrogen) atoms. The molecule has 150 valence electrons. The van der Waals surface area contributed by atoms with Crippen LogP contribution in [0.2, 0.25) is 0 Å². The van der Waals surface area contributed by atoms with E-state index in [1.165, 1.54) is 0 Å². The Morgan fingerprint density at radius 3 is 2.70 bits per heavy atom. The van der Waals surface area contributed by atoms with Crippen molar-refractivity contribution in [2.24, 2.45) is 4.99 Å². The Morgan fingerprint density at radius 1 is 1.07 bits per heavy atom. The van der Waals surface area contributed by atoms with Crippen LogP contribution in [0.4, 0.5) is 11.5 Å². The number of hydrogen-bond donors (Lipinski definition) is 1. The molecule has 0 aliphatic rings. The van der Waals surface area contributed by atoms with Gasteiger partial charge in [0.2, 0.25) is 5.55 Å². The first-order valence-corrected chi connectivity index (χ1v) is 9.50. The standard InChI is InChI=1S/C24H21N3O3/c1-15-10-11-16(2)19(13-15)26-24-18(23(28)27-21-9-4-5-12-25-21)14-17-7-6-8-20(29-3)22(17)30-24/h4-14H,1-3H3,(H,25,27,28). The van der Waals surface area contributed by atoms with Gasteiger partial charge >= 0.3 is 0 Å². The van der Waals surface area contributed by atoms with Gasteiger partial charge in [-0.05, 0) is 55.3 Å². The van der Waals surface area contributed by atoms with Crippen molar-refractivity contribution in [1.29, 1.82) is 0 Å². The fraction of sp³-hybridized carbons (Fsp3) is 0.125. The summed E-state index contributed by atoms with van der Waals surface area (Å²) in [6, 6.07) is 18.5. The highest BCUT2D eigenvalue weighted by Gasteiger charge is 2.15. The summed E-state index contributed by atoms with van der Waals surface area (Å²) in [4.78, 5) is 21.9. The largest absolute Gasteiger partial charge is 0.493 e. The number of pyridine rings is 1. The van der Waals surface area contributed by atoms with Crippen LogP contribution in [-0.2, 0) is 0 Å². The van der Waals surface area contributed by atoms with Crippen molar-refractivity contribution in [1.82, 2.24) is 4.98 Å². The number of aromatic nitrogens is 1. The van der Waals surface area contributed by atoms with E-state index >= 15 is 0 Å². The van der Waals surface area contributed by atoms with Crippen LogP contribution in [0.15, 0.2) is 76.3 Å². The summed E-state index contributed by atoms with van der Waals surface area (Å²) in [6.07, 6.45) is 1.62. The minimum Gasteiger partial charge on any atom is -0.493 e. The molecule has 0 aliphatic carbocycles. The van der Waals surface area contributed by atoms with E-state index in [1.807, 2.05) is 44.2 Å². The summed E-state index contributed by atoms with van der Waals surface area (Å²) >= 11 is 0. The molecule has 4 aromatic rings. The van der Waals surface area contributed by atoms with Crippen molar-refractivity contribution < 1.29 is 13.9 Å². The van der Waals surface area contributed by atoms with Gasteiger partial charge in [0.1, 0.15) is 11.4 Å². The summed E-state index contributed by atoms with van der Waals surface area (Å²) < 4.78 is 11.5. The lowest BCUT2D eigenvalue weighted by atomic mass is 10.1. The number of benzene rings is 2. The topological polar surface area (TPSA) is 76.7 Å². The molecule has 0 saturated heterocycles. The third-order valence-corrected chi connectivity index (χ3v) is 4.70. The SMILES string of the molecule is COc1cccc2cc(C(=O)Nc3ccccn3)c(=Nc3cc(C)ccc3C)oc12. The number of carbonyl (C=O) groups excluding carboxylic acids is 1. The minimum absolute atomic E-state index is 0.203. The molecule has 0 radical (unpaired) electrons. The van der Waals surface area contributed by atoms with Crippen LogP contribution >= 0.6 is 0 Å². The molecule has 0 saturated carbocycles. The average molecular weight is 399 g/mol. The summed E-state index contributed by atoms with van der Waals surface area (Å²) in [5.74, 6) is 0.666. The predicted octanol–water partition coefficient (Wildman–Crippen LogP) is 4.94. The van der Waals surface area contributed by atoms with Crippen molar-refractivity contribution in [2.45, 2.75) is 13.8 Å². The highest BCUT2D eigenvalue weighted by atomic mass is 16.5. The number of anilines is 1. The lowest BCUT2D eigenvalue weighted by Gasteiger charge is -2.09. The number of nitrogens with one attached hydrogen (secondary N) is 1. The van der Waals surface area contributed by atoms with Gasteiger partial charge in [0.25, 0.3) is 5.91 Å². The van der Waals surface area contributed by atoms with Crippen LogP contribution in [0.5, 0.6) is 5.75 Å². The van der Waals surface area contributed by atoms with Crippen LogP contribution in [0.25, 0.3) is 11.0 Å². The van der Waals surface area contributed by atoms with E-state index in [1.54, 1.807) is 43.6 Å². The number of para-hydroxylation sites is 1. The quantitative estimate of drug-likeness (QED) is 0.527. The van der Waals surface area contributed by atoms with E-state index in [2.05, 4.69) is 15.3 Å². The fourth-order valence-corrected chi connectivity index (χ4v) is 3.10. The molecule has 2 aromatic heterocycles. The highest BCUT2D eigenvalue weighted by Crippen LogP contribution is 2.26. The Balaban J connectivity index is 1.93. The number of methoxy groups -OCH3 is 1. The molecule has 0 unspecified atom stereocenters. The Kier molecular flexibility index (Phi) is 5.30. The first-order valence-electron chi connectivity index (χ1n) is 9.50. The van der Waals surface area contributed by atoms with Gasteiger partial charge in [0.05, 0.1) is 12.8 Å². The van der Waals surface area contributed by atoms with Crippen LogP contribution in [0.1, 0.15) is 21.5 Å². The van der Waals surface area contributed by atoms with Crippen LogP contribution < -0.4 is 15.6 Å². The van der Waals surface area contributed by atoms with Crippen LogP contribution in [0.3, 0.4) is 0 Å². The van der Waals surface area contributed by atoms with E-state index in [0.29, 0.717) is 22.7 Å². The van der Waals surface area contributed by atoms with Crippen molar-refractivity contribution in [3.05, 3.63) is 89.1 Å². The van der Waals surface area contributed by atoms with Gasteiger partial charge in [-0.1, -0.05) is 30.3 Å². The number of carbonyl (C=O) groups is 1. The number of ether oxygens (including phenoxy) is 1. The molecule has 0 bridgehead atoms. The van der Waals surface area contributed by atoms with Gasteiger partial charge in [0, 0.05) is 11.6 Å². The van der Waals surface area contributed by atoms with Gasteiger partial charge < -0.3 is 14.5 Å². The second-order valence-corrected chi connectivity index (χ2v) is 6.91. The van der Waals surface area contributed by atoms with Crippen molar-refractivity contribution in [3.8, 4) is 5.75 Å². The van der Waals surface area contributed by atoms with Crippen LogP contribution in [-0.4, -0.2) is 18.0 Å². The lowest BCUT2D eigenvalue weighted by molar-refractivity contribution is 0.102. The zero-order chi connectivity index (χ0) is 21.1. The average Bonchev–Trinajstić information content (AvgIpc) is 2.76. The number of hydrogen-bond acceptors (Lipinski definition) is 5. The third kappa shape index (κ3) is 3.93. The molecule has 0 aliphatic heterocycles. The summed E-state index contributed by atoms with van der Waals surface area (Å²) in [5, 5.41) is 3.54. The Bertz CT molecular complexity index is 1290. The summed E-state index contributed by atoms with van der Waals surface area (Å²) in [7, 11) is 1.58. The lowest BCUT2D eigenvalue weighted by Crippen LogP contribution is -2.22. The molecule has 0 atom stereocenters. The summed E-state index contributed by atoms with van der Waals surface area (Å²) in [5.41, 5.74) is 3.82. The van der Waals surface area contributed by atoms with Gasteiger partial charge in [0.15, 0.2) is 11.3 Å². The van der Waals surface area contributed by atoms with Crippen molar-refractivity contribution in [2.75, 3.05) is 12.4 Å². The molecule has 6 nitrogen and oxygen atoms in total. The third-order valence-electron chi connectivity index (χ3n) is 4.70. The second kappa shape index (κ2) is 8.21.